The number of pyridine rings is 1. The van der Waals surface area contributed by atoms with Crippen LogP contribution in [-0.4, -0.2) is 55.0 Å². The van der Waals surface area contributed by atoms with Crippen molar-refractivity contribution in [3.63, 3.8) is 0 Å². The molecular formula is C28H34F2N4O5. The highest BCUT2D eigenvalue weighted by atomic mass is 19.3. The van der Waals surface area contributed by atoms with Gasteiger partial charge >= 0.3 is 6.09 Å². The zero-order chi connectivity index (χ0) is 29.0. The predicted molar refractivity (Wildman–Crippen MR) is 138 cm³/mol. The third-order valence-corrected chi connectivity index (χ3v) is 6.78. The lowest BCUT2D eigenvalue weighted by Crippen LogP contribution is -2.66. The Hall–Kier alpha value is -3.44. The summed E-state index contributed by atoms with van der Waals surface area (Å²) in [6, 6.07) is 7.11. The Morgan fingerprint density at radius 1 is 1.00 bits per heavy atom. The molecule has 0 saturated carbocycles. The molecule has 1 aliphatic heterocycles. The Balaban J connectivity index is 1.77. The Labute approximate surface area is 225 Å². The maximum Gasteiger partial charge on any atom is 0.410 e. The number of benzene rings is 1. The number of ether oxygens (including phenoxy) is 1. The molecule has 1 atom stereocenters. The van der Waals surface area contributed by atoms with E-state index < -0.39 is 34.2 Å². The first-order valence-corrected chi connectivity index (χ1v) is 12.6. The third kappa shape index (κ3) is 5.51. The molecular weight excluding hydrogens is 510 g/mol. The zero-order valence-corrected chi connectivity index (χ0v) is 23.1. The number of aliphatic hydroxyl groups is 2. The lowest BCUT2D eigenvalue weighted by Gasteiger charge is -2.56. The molecule has 11 heteroatoms. The van der Waals surface area contributed by atoms with Gasteiger partial charge in [0, 0.05) is 54.5 Å². The highest BCUT2D eigenvalue weighted by Gasteiger charge is 2.58. The van der Waals surface area contributed by atoms with Crippen LogP contribution in [-0.2, 0) is 21.9 Å². The molecule has 39 heavy (non-hydrogen) atoms. The number of likely N-dealkylation sites (tertiary alicyclic amines) is 1. The van der Waals surface area contributed by atoms with Crippen molar-refractivity contribution in [2.75, 3.05) is 13.1 Å². The fourth-order valence-electron chi connectivity index (χ4n) is 4.70. The third-order valence-electron chi connectivity index (χ3n) is 6.78. The molecule has 3 heterocycles. The molecule has 1 saturated heterocycles. The number of nitrogens with zero attached hydrogens (tertiary/aromatic N) is 4. The van der Waals surface area contributed by atoms with Crippen LogP contribution in [0.25, 0.3) is 11.4 Å². The van der Waals surface area contributed by atoms with Crippen molar-refractivity contribution in [1.82, 2.24) is 20.0 Å². The Kier molecular flexibility index (Phi) is 6.84. The van der Waals surface area contributed by atoms with Crippen LogP contribution in [0.15, 0.2) is 47.2 Å². The first-order valence-electron chi connectivity index (χ1n) is 12.6. The summed E-state index contributed by atoms with van der Waals surface area (Å²) >= 11 is 0. The minimum Gasteiger partial charge on any atom is -0.444 e. The number of rotatable bonds is 6. The zero-order valence-electron chi connectivity index (χ0n) is 23.1. The van der Waals surface area contributed by atoms with Gasteiger partial charge in [-0.1, -0.05) is 36.3 Å². The van der Waals surface area contributed by atoms with E-state index in [2.05, 4.69) is 15.1 Å². The summed E-state index contributed by atoms with van der Waals surface area (Å²) in [5.41, 5.74) is -3.82. The lowest BCUT2D eigenvalue weighted by molar-refractivity contribution is -0.131. The summed E-state index contributed by atoms with van der Waals surface area (Å²) in [6.07, 6.45) is 2.45. The van der Waals surface area contributed by atoms with Gasteiger partial charge in [0.25, 0.3) is 11.8 Å². The van der Waals surface area contributed by atoms with E-state index in [9.17, 15) is 23.8 Å². The summed E-state index contributed by atoms with van der Waals surface area (Å²) in [5.74, 6) is -2.89. The van der Waals surface area contributed by atoms with Crippen molar-refractivity contribution in [1.29, 1.82) is 0 Å². The molecule has 2 aromatic heterocycles. The number of alkyl halides is 2. The maximum atomic E-state index is 13.9. The van der Waals surface area contributed by atoms with E-state index in [1.807, 2.05) is 6.92 Å². The molecule has 0 spiro atoms. The van der Waals surface area contributed by atoms with Crippen molar-refractivity contribution >= 4 is 6.09 Å². The quantitative estimate of drug-likeness (QED) is 0.446. The van der Waals surface area contributed by atoms with Gasteiger partial charge in [-0.05, 0) is 46.2 Å². The predicted octanol–water partition coefficient (Wildman–Crippen LogP) is 4.96. The Bertz CT molecular complexity index is 1350. The molecule has 0 unspecified atom stereocenters. The van der Waals surface area contributed by atoms with Gasteiger partial charge in [-0.3, -0.25) is 4.98 Å². The van der Waals surface area contributed by atoms with Crippen LogP contribution in [0, 0.1) is 5.41 Å². The molecule has 210 valence electrons. The summed E-state index contributed by atoms with van der Waals surface area (Å²) in [5, 5.41) is 26.6. The molecule has 1 aromatic carbocycles. The van der Waals surface area contributed by atoms with Gasteiger partial charge in [0.2, 0.25) is 5.82 Å². The Morgan fingerprint density at radius 3 is 2.10 bits per heavy atom. The van der Waals surface area contributed by atoms with E-state index in [1.165, 1.54) is 55.4 Å². The summed E-state index contributed by atoms with van der Waals surface area (Å²) in [7, 11) is 0. The van der Waals surface area contributed by atoms with Crippen molar-refractivity contribution in [2.45, 2.75) is 71.2 Å². The van der Waals surface area contributed by atoms with Crippen LogP contribution in [0.5, 0.6) is 0 Å². The maximum absolute atomic E-state index is 13.9. The number of hydrogen-bond donors (Lipinski definition) is 2. The second-order valence-corrected chi connectivity index (χ2v) is 12.0. The molecule has 1 amide bonds. The van der Waals surface area contributed by atoms with E-state index >= 15 is 0 Å². The van der Waals surface area contributed by atoms with Crippen LogP contribution in [0.3, 0.4) is 0 Å². The molecule has 3 aromatic rings. The monoisotopic (exact) mass is 544 g/mol. The minimum atomic E-state index is -3.05. The number of carbonyl (C=O) groups excluding carboxylic acids is 1. The molecule has 9 nitrogen and oxygen atoms in total. The van der Waals surface area contributed by atoms with Gasteiger partial charge in [0.05, 0.1) is 0 Å². The van der Waals surface area contributed by atoms with Crippen LogP contribution in [0.4, 0.5) is 13.6 Å². The van der Waals surface area contributed by atoms with E-state index in [1.54, 1.807) is 26.8 Å². The highest BCUT2D eigenvalue weighted by molar-refractivity contribution is 5.70. The molecule has 0 aliphatic carbocycles. The molecule has 1 aliphatic rings. The highest BCUT2D eigenvalue weighted by Crippen LogP contribution is 2.51. The van der Waals surface area contributed by atoms with Crippen LogP contribution < -0.4 is 0 Å². The lowest BCUT2D eigenvalue weighted by atomic mass is 9.62. The van der Waals surface area contributed by atoms with Crippen molar-refractivity contribution in [3.05, 3.63) is 65.3 Å². The molecule has 2 N–H and O–H groups in total. The van der Waals surface area contributed by atoms with Gasteiger partial charge < -0.3 is 24.4 Å². The number of carbonyl (C=O) groups is 1. The minimum absolute atomic E-state index is 0.00760. The van der Waals surface area contributed by atoms with Gasteiger partial charge in [-0.2, -0.15) is 4.98 Å². The second kappa shape index (κ2) is 9.34. The number of aromatic nitrogens is 3. The molecule has 0 bridgehead atoms. The molecule has 0 radical (unpaired) electrons. The normalized spacial score (nSPS) is 17.4. The Morgan fingerprint density at radius 2 is 1.59 bits per heavy atom. The topological polar surface area (TPSA) is 122 Å². The van der Waals surface area contributed by atoms with Crippen LogP contribution in [0.1, 0.15) is 71.0 Å². The van der Waals surface area contributed by atoms with Gasteiger partial charge in [0.1, 0.15) is 16.8 Å². The fraction of sp³-hybridized carbons (Fsp3) is 0.500. The largest absolute Gasteiger partial charge is 0.444 e. The van der Waals surface area contributed by atoms with Crippen molar-refractivity contribution < 1.29 is 33.0 Å². The van der Waals surface area contributed by atoms with E-state index in [0.717, 1.165) is 6.92 Å². The number of hydrogen-bond acceptors (Lipinski definition) is 8. The summed E-state index contributed by atoms with van der Waals surface area (Å²) in [6.45, 7) is 11.2. The smallest absolute Gasteiger partial charge is 0.410 e. The average Bonchev–Trinajstić information content (AvgIpc) is 3.31. The van der Waals surface area contributed by atoms with E-state index in [-0.39, 0.29) is 30.4 Å². The molecule has 4 rings (SSSR count). The van der Waals surface area contributed by atoms with E-state index in [0.29, 0.717) is 16.7 Å². The fourth-order valence-corrected chi connectivity index (χ4v) is 4.70. The van der Waals surface area contributed by atoms with Gasteiger partial charge in [-0.15, -0.1) is 0 Å². The van der Waals surface area contributed by atoms with Crippen LogP contribution >= 0.6 is 0 Å². The van der Waals surface area contributed by atoms with Crippen molar-refractivity contribution in [3.8, 4) is 11.4 Å². The van der Waals surface area contributed by atoms with Crippen LogP contribution in [0.2, 0.25) is 0 Å². The SMILES string of the molecule is CC(C)(C)OC(=O)N1CC(C)([C@](O)(c2ccc(C(C)(F)F)cc2)c2cncc(-c3noc(C(C)(C)O)n3)c2)C1. The van der Waals surface area contributed by atoms with Gasteiger partial charge in [0.15, 0.2) is 0 Å². The van der Waals surface area contributed by atoms with Gasteiger partial charge in [-0.25, -0.2) is 13.6 Å². The van der Waals surface area contributed by atoms with E-state index in [4.69, 9.17) is 9.26 Å². The first kappa shape index (κ1) is 28.6. The molecule has 1 fully saturated rings. The number of halogens is 2. The van der Waals surface area contributed by atoms with Crippen molar-refractivity contribution in [2.24, 2.45) is 5.41 Å². The second-order valence-electron chi connectivity index (χ2n) is 12.0. The number of amides is 1. The summed E-state index contributed by atoms with van der Waals surface area (Å²) in [4.78, 5) is 22.7. The standard InChI is InChI=1S/C28H34F2N4O5/c1-24(2,3)38-23(35)34-15-26(6,16-34)28(37,19-10-8-18(9-11-19)27(7,29)30)20-12-17(13-31-14-20)21-32-22(39-33-21)25(4,5)36/h8-14,36-37H,15-16H2,1-7H3/t28-/m0/s1. The first-order chi connectivity index (χ1) is 17.8. The summed E-state index contributed by atoms with van der Waals surface area (Å²) < 4.78 is 38.6. The average molecular weight is 545 g/mol.